The van der Waals surface area contributed by atoms with Crippen molar-refractivity contribution in [3.63, 3.8) is 0 Å². The number of rotatable bonds is 8. The van der Waals surface area contributed by atoms with E-state index in [1.165, 1.54) is 64.2 Å². The predicted molar refractivity (Wildman–Crippen MR) is 139 cm³/mol. The Morgan fingerprint density at radius 1 is 0.971 bits per heavy atom. The number of carbonyl (C=O) groups excluding carboxylic acids is 1. The minimum Gasteiger partial charge on any atom is -0.459 e. The van der Waals surface area contributed by atoms with E-state index in [0.717, 1.165) is 48.3 Å². The topological polar surface area (TPSA) is 46.5 Å². The lowest BCUT2D eigenvalue weighted by atomic mass is 9.44. The maximum absolute atomic E-state index is 12.2. The number of esters is 1. The summed E-state index contributed by atoms with van der Waals surface area (Å²) in [5.74, 6) is 5.56. The zero-order chi connectivity index (χ0) is 24.7. The lowest BCUT2D eigenvalue weighted by Crippen LogP contribution is -2.54. The molecule has 4 rings (SSSR count). The van der Waals surface area contributed by atoms with Crippen molar-refractivity contribution in [2.75, 3.05) is 6.61 Å². The highest BCUT2D eigenvalue weighted by Crippen LogP contribution is 2.68. The fraction of sp³-hybridized carbons (Fsp3) is 0.903. The summed E-state index contributed by atoms with van der Waals surface area (Å²) in [6, 6.07) is 0. The molecule has 34 heavy (non-hydrogen) atoms. The Morgan fingerprint density at radius 2 is 1.68 bits per heavy atom. The van der Waals surface area contributed by atoms with Crippen LogP contribution in [0.3, 0.4) is 0 Å². The van der Waals surface area contributed by atoms with Gasteiger partial charge in [-0.2, -0.15) is 0 Å². The van der Waals surface area contributed by atoms with Gasteiger partial charge in [0.15, 0.2) is 0 Å². The average molecular weight is 473 g/mol. The molecule has 1 N–H and O–H groups in total. The molecule has 4 fully saturated rings. The zero-order valence-corrected chi connectivity index (χ0v) is 22.8. The molecule has 4 saturated carbocycles. The standard InChI is InChI=1S/C31H52O3/c1-20(2)8-7-9-21(3)26-12-13-27-25-11-10-23-18-24(34-29(33)22(4)19-32)14-16-30(23,5)28(25)15-17-31(26,27)6/h20-21,23-28,32H,4,7-19H2,1-3,5-6H3/t21-,23?,24+,25+,26?,27?,28?,30+,31-/m1/s1. The summed E-state index contributed by atoms with van der Waals surface area (Å²) < 4.78 is 5.75. The van der Waals surface area contributed by atoms with Crippen LogP contribution in [0, 0.1) is 52.3 Å². The summed E-state index contributed by atoms with van der Waals surface area (Å²) in [7, 11) is 0. The van der Waals surface area contributed by atoms with Crippen molar-refractivity contribution >= 4 is 5.97 Å². The van der Waals surface area contributed by atoms with Crippen molar-refractivity contribution in [2.45, 2.75) is 118 Å². The Bertz CT molecular complexity index is 743. The van der Waals surface area contributed by atoms with Crippen molar-refractivity contribution in [1.82, 2.24) is 0 Å². The van der Waals surface area contributed by atoms with Crippen molar-refractivity contribution in [3.8, 4) is 0 Å². The van der Waals surface area contributed by atoms with Crippen LogP contribution >= 0.6 is 0 Å². The Balaban J connectivity index is 1.40. The largest absolute Gasteiger partial charge is 0.459 e. The van der Waals surface area contributed by atoms with Crippen LogP contribution in [0.5, 0.6) is 0 Å². The Labute approximate surface area is 209 Å². The average Bonchev–Trinajstić information content (AvgIpc) is 3.15. The smallest absolute Gasteiger partial charge is 0.336 e. The number of hydrogen-bond donors (Lipinski definition) is 1. The van der Waals surface area contributed by atoms with Crippen molar-refractivity contribution in [2.24, 2.45) is 52.3 Å². The van der Waals surface area contributed by atoms with E-state index in [1.807, 2.05) is 0 Å². The number of ether oxygens (including phenoxy) is 1. The molecule has 0 aromatic carbocycles. The highest BCUT2D eigenvalue weighted by molar-refractivity contribution is 5.88. The van der Waals surface area contributed by atoms with Gasteiger partial charge in [0, 0.05) is 0 Å². The first kappa shape index (κ1) is 26.2. The number of hydrogen-bond acceptors (Lipinski definition) is 3. The van der Waals surface area contributed by atoms with Gasteiger partial charge >= 0.3 is 5.97 Å². The fourth-order valence-electron chi connectivity index (χ4n) is 9.65. The third kappa shape index (κ3) is 4.76. The number of aliphatic hydroxyl groups excluding tert-OH is 1. The van der Waals surface area contributed by atoms with E-state index in [0.29, 0.717) is 16.7 Å². The summed E-state index contributed by atoms with van der Waals surface area (Å²) in [5.41, 5.74) is 1.14. The van der Waals surface area contributed by atoms with Gasteiger partial charge in [-0.3, -0.25) is 0 Å². The molecule has 4 aliphatic rings. The highest BCUT2D eigenvalue weighted by Gasteiger charge is 2.60. The monoisotopic (exact) mass is 472 g/mol. The first-order valence-electron chi connectivity index (χ1n) is 14.6. The second-order valence-corrected chi connectivity index (χ2v) is 13.8. The molecular formula is C31H52O3. The predicted octanol–water partition coefficient (Wildman–Crippen LogP) is 7.57. The van der Waals surface area contributed by atoms with Gasteiger partial charge < -0.3 is 9.84 Å². The number of aliphatic hydroxyl groups is 1. The molecule has 0 aromatic rings. The van der Waals surface area contributed by atoms with E-state index < -0.39 is 5.97 Å². The maximum Gasteiger partial charge on any atom is 0.336 e. The minimum absolute atomic E-state index is 0.00170. The van der Waals surface area contributed by atoms with Crippen LogP contribution in [0.25, 0.3) is 0 Å². The molecule has 0 heterocycles. The Hall–Kier alpha value is -0.830. The molecule has 3 heteroatoms. The van der Waals surface area contributed by atoms with Crippen molar-refractivity contribution in [3.05, 3.63) is 12.2 Å². The zero-order valence-electron chi connectivity index (χ0n) is 22.8. The van der Waals surface area contributed by atoms with Crippen LogP contribution < -0.4 is 0 Å². The van der Waals surface area contributed by atoms with Gasteiger partial charge in [0.1, 0.15) is 6.10 Å². The van der Waals surface area contributed by atoms with E-state index in [-0.39, 0.29) is 18.3 Å². The normalized spacial score (nSPS) is 42.4. The molecule has 0 aromatic heterocycles. The number of carbonyl (C=O) groups is 1. The first-order chi connectivity index (χ1) is 16.1. The molecule has 0 aliphatic heterocycles. The molecule has 0 radical (unpaired) electrons. The maximum atomic E-state index is 12.2. The van der Waals surface area contributed by atoms with Crippen LogP contribution in [-0.4, -0.2) is 23.8 Å². The van der Waals surface area contributed by atoms with Crippen molar-refractivity contribution in [1.29, 1.82) is 0 Å². The van der Waals surface area contributed by atoms with Crippen molar-refractivity contribution < 1.29 is 14.6 Å². The van der Waals surface area contributed by atoms with Crippen LogP contribution in [0.15, 0.2) is 12.2 Å². The molecule has 4 aliphatic carbocycles. The van der Waals surface area contributed by atoms with Crippen LogP contribution in [0.1, 0.15) is 112 Å². The molecule has 3 nitrogen and oxygen atoms in total. The molecule has 194 valence electrons. The van der Waals surface area contributed by atoms with Gasteiger partial charge in [0.25, 0.3) is 0 Å². The molecule has 0 bridgehead atoms. The molecule has 9 atom stereocenters. The summed E-state index contributed by atoms with van der Waals surface area (Å²) in [4.78, 5) is 12.2. The van der Waals surface area contributed by atoms with Gasteiger partial charge in [-0.05, 0) is 110 Å². The third-order valence-electron chi connectivity index (χ3n) is 11.6. The van der Waals surface area contributed by atoms with Crippen LogP contribution in [-0.2, 0) is 9.53 Å². The summed E-state index contributed by atoms with van der Waals surface area (Å²) >= 11 is 0. The Morgan fingerprint density at radius 3 is 2.38 bits per heavy atom. The lowest BCUT2D eigenvalue weighted by Gasteiger charge is -2.61. The van der Waals surface area contributed by atoms with E-state index in [1.54, 1.807) is 0 Å². The molecule has 4 unspecified atom stereocenters. The van der Waals surface area contributed by atoms with Gasteiger partial charge in [-0.1, -0.05) is 60.5 Å². The third-order valence-corrected chi connectivity index (χ3v) is 11.6. The second kappa shape index (κ2) is 10.3. The fourth-order valence-corrected chi connectivity index (χ4v) is 9.65. The van der Waals surface area contributed by atoms with E-state index in [9.17, 15) is 9.90 Å². The van der Waals surface area contributed by atoms with Gasteiger partial charge in [-0.25, -0.2) is 4.79 Å². The Kier molecular flexibility index (Phi) is 7.92. The molecule has 0 amide bonds. The van der Waals surface area contributed by atoms with Gasteiger partial charge in [-0.15, -0.1) is 0 Å². The van der Waals surface area contributed by atoms with Gasteiger partial charge in [0.2, 0.25) is 0 Å². The first-order valence-corrected chi connectivity index (χ1v) is 14.6. The summed E-state index contributed by atoms with van der Waals surface area (Å²) in [6.45, 7) is 15.9. The van der Waals surface area contributed by atoms with E-state index >= 15 is 0 Å². The van der Waals surface area contributed by atoms with E-state index in [2.05, 4.69) is 41.2 Å². The second-order valence-electron chi connectivity index (χ2n) is 13.8. The highest BCUT2D eigenvalue weighted by atomic mass is 16.5. The quantitative estimate of drug-likeness (QED) is 0.293. The van der Waals surface area contributed by atoms with Crippen LogP contribution in [0.2, 0.25) is 0 Å². The van der Waals surface area contributed by atoms with E-state index in [4.69, 9.17) is 4.74 Å². The molecular weight excluding hydrogens is 420 g/mol. The molecule has 0 spiro atoms. The summed E-state index contributed by atoms with van der Waals surface area (Å²) in [6.07, 6.45) is 15.8. The lowest BCUT2D eigenvalue weighted by molar-refractivity contribution is -0.159. The van der Waals surface area contributed by atoms with Crippen LogP contribution in [0.4, 0.5) is 0 Å². The summed E-state index contributed by atoms with van der Waals surface area (Å²) in [5, 5.41) is 9.20. The minimum atomic E-state index is -0.405. The van der Waals surface area contributed by atoms with Gasteiger partial charge in [0.05, 0.1) is 12.2 Å². The molecule has 0 saturated heterocycles. The number of fused-ring (bicyclic) bond motifs is 5. The SMILES string of the molecule is C=C(CO)C(=O)O[C@H]1CC[C@@]2(C)C(CC[C@@H]3C2CC[C@@]2(C)C3CCC2[C@H](C)CCCC(C)C)C1.